The Bertz CT molecular complexity index is 299. The van der Waals surface area contributed by atoms with Gasteiger partial charge in [0.25, 0.3) is 0 Å². The highest BCUT2D eigenvalue weighted by Gasteiger charge is 2.06. The number of hydrogen-bond acceptors (Lipinski definition) is 1. The molecule has 0 bridgehead atoms. The highest BCUT2D eigenvalue weighted by molar-refractivity contribution is 9.13. The summed E-state index contributed by atoms with van der Waals surface area (Å²) in [6, 6.07) is 2.65. The zero-order valence-corrected chi connectivity index (χ0v) is 8.45. The Kier molecular flexibility index (Phi) is 2.78. The third kappa shape index (κ3) is 1.68. The number of carbonyl (C=O) groups excluding carboxylic acids is 1. The average Bonchev–Trinajstić information content (AvgIpc) is 2.01. The minimum Gasteiger partial charge on any atom is -0.298 e. The van der Waals surface area contributed by atoms with Gasteiger partial charge in [-0.2, -0.15) is 0 Å². The van der Waals surface area contributed by atoms with E-state index in [-0.39, 0.29) is 10.3 Å². The van der Waals surface area contributed by atoms with Gasteiger partial charge in [0.2, 0.25) is 0 Å². The topological polar surface area (TPSA) is 17.1 Å². The van der Waals surface area contributed by atoms with E-state index in [0.29, 0.717) is 16.3 Å². The molecule has 0 saturated carbocycles. The molecule has 0 aliphatic carbocycles. The lowest BCUT2D eigenvalue weighted by atomic mass is 10.2. The molecule has 0 atom stereocenters. The molecule has 1 aromatic rings. The van der Waals surface area contributed by atoms with Gasteiger partial charge in [-0.1, -0.05) is 0 Å². The SMILES string of the molecule is O=Cc1ccc(F)c(Br)c1Br. The zero-order chi connectivity index (χ0) is 8.43. The molecule has 58 valence electrons. The van der Waals surface area contributed by atoms with Gasteiger partial charge in [-0.3, -0.25) is 4.79 Å². The molecule has 0 aromatic heterocycles. The first-order valence-corrected chi connectivity index (χ1v) is 4.34. The monoisotopic (exact) mass is 280 g/mol. The fourth-order valence-corrected chi connectivity index (χ4v) is 1.41. The van der Waals surface area contributed by atoms with Gasteiger partial charge in [0.1, 0.15) is 5.82 Å². The molecule has 0 N–H and O–H groups in total. The van der Waals surface area contributed by atoms with Crippen LogP contribution < -0.4 is 0 Å². The van der Waals surface area contributed by atoms with E-state index in [1.54, 1.807) is 0 Å². The fourth-order valence-electron chi connectivity index (χ4n) is 0.632. The van der Waals surface area contributed by atoms with Crippen molar-refractivity contribution in [1.29, 1.82) is 0 Å². The van der Waals surface area contributed by atoms with E-state index in [0.717, 1.165) is 0 Å². The molecule has 0 spiro atoms. The van der Waals surface area contributed by atoms with Crippen LogP contribution >= 0.6 is 31.9 Å². The first kappa shape index (κ1) is 8.87. The molecule has 0 heterocycles. The van der Waals surface area contributed by atoms with Crippen LogP contribution in [0.25, 0.3) is 0 Å². The predicted molar refractivity (Wildman–Crippen MR) is 47.2 cm³/mol. The maximum absolute atomic E-state index is 12.7. The molecule has 0 aliphatic heterocycles. The summed E-state index contributed by atoms with van der Waals surface area (Å²) in [5.41, 5.74) is 0.429. The molecule has 1 aromatic carbocycles. The van der Waals surface area contributed by atoms with E-state index >= 15 is 0 Å². The highest BCUT2D eigenvalue weighted by Crippen LogP contribution is 2.28. The summed E-state index contributed by atoms with van der Waals surface area (Å²) in [7, 11) is 0. The van der Waals surface area contributed by atoms with Crippen LogP contribution in [0.4, 0.5) is 4.39 Å². The second-order valence-electron chi connectivity index (χ2n) is 1.88. The van der Waals surface area contributed by atoms with Gasteiger partial charge >= 0.3 is 0 Å². The van der Waals surface area contributed by atoms with Crippen LogP contribution in [-0.2, 0) is 0 Å². The van der Waals surface area contributed by atoms with Crippen molar-refractivity contribution in [3.63, 3.8) is 0 Å². The van der Waals surface area contributed by atoms with Crippen molar-refractivity contribution in [3.8, 4) is 0 Å². The Balaban J connectivity index is 3.36. The van der Waals surface area contributed by atoms with Gasteiger partial charge < -0.3 is 0 Å². The van der Waals surface area contributed by atoms with Crippen LogP contribution in [0.15, 0.2) is 21.1 Å². The van der Waals surface area contributed by atoms with E-state index in [1.807, 2.05) is 0 Å². The number of halogens is 3. The van der Waals surface area contributed by atoms with Crippen molar-refractivity contribution >= 4 is 38.1 Å². The van der Waals surface area contributed by atoms with Gasteiger partial charge in [0, 0.05) is 10.0 Å². The molecule has 0 fully saturated rings. The van der Waals surface area contributed by atoms with Crippen LogP contribution in [0.1, 0.15) is 10.4 Å². The lowest BCUT2D eigenvalue weighted by Crippen LogP contribution is -1.86. The summed E-state index contributed by atoms with van der Waals surface area (Å²) in [5.74, 6) is -0.387. The first-order chi connectivity index (χ1) is 5.16. The minimum atomic E-state index is -0.387. The Hall–Kier alpha value is -0.220. The summed E-state index contributed by atoms with van der Waals surface area (Å²) < 4.78 is 13.4. The highest BCUT2D eigenvalue weighted by atomic mass is 79.9. The Morgan fingerprint density at radius 1 is 1.27 bits per heavy atom. The molecule has 0 unspecified atom stereocenters. The van der Waals surface area contributed by atoms with E-state index in [1.165, 1.54) is 12.1 Å². The Morgan fingerprint density at radius 2 is 1.91 bits per heavy atom. The van der Waals surface area contributed by atoms with Crippen molar-refractivity contribution in [2.45, 2.75) is 0 Å². The normalized spacial score (nSPS) is 9.73. The number of aldehydes is 1. The maximum atomic E-state index is 12.7. The quantitative estimate of drug-likeness (QED) is 0.571. The number of benzene rings is 1. The molecule has 4 heteroatoms. The van der Waals surface area contributed by atoms with E-state index < -0.39 is 0 Å². The van der Waals surface area contributed by atoms with Gasteiger partial charge in [0.15, 0.2) is 6.29 Å². The fraction of sp³-hybridized carbons (Fsp3) is 0. The second-order valence-corrected chi connectivity index (χ2v) is 3.47. The summed E-state index contributed by atoms with van der Waals surface area (Å²) in [6.45, 7) is 0. The van der Waals surface area contributed by atoms with Crippen molar-refractivity contribution in [3.05, 3.63) is 32.5 Å². The van der Waals surface area contributed by atoms with E-state index in [9.17, 15) is 9.18 Å². The van der Waals surface area contributed by atoms with Crippen LogP contribution in [0.3, 0.4) is 0 Å². The predicted octanol–water partition coefficient (Wildman–Crippen LogP) is 3.16. The van der Waals surface area contributed by atoms with Crippen molar-refractivity contribution in [2.75, 3.05) is 0 Å². The Labute approximate surface area is 79.9 Å². The van der Waals surface area contributed by atoms with Crippen LogP contribution in [-0.4, -0.2) is 6.29 Å². The first-order valence-electron chi connectivity index (χ1n) is 2.75. The zero-order valence-electron chi connectivity index (χ0n) is 5.27. The smallest absolute Gasteiger partial charge is 0.151 e. The van der Waals surface area contributed by atoms with E-state index in [2.05, 4.69) is 31.9 Å². The largest absolute Gasteiger partial charge is 0.298 e. The molecule has 11 heavy (non-hydrogen) atoms. The third-order valence-corrected chi connectivity index (χ3v) is 3.35. The van der Waals surface area contributed by atoms with E-state index in [4.69, 9.17) is 0 Å². The van der Waals surface area contributed by atoms with Gasteiger partial charge in [-0.15, -0.1) is 0 Å². The molecule has 0 amide bonds. The van der Waals surface area contributed by atoms with Gasteiger partial charge in [0.05, 0.1) is 4.47 Å². The summed E-state index contributed by atoms with van der Waals surface area (Å²) >= 11 is 6.06. The standard InChI is InChI=1S/C7H3Br2FO/c8-6-4(3-11)1-2-5(10)7(6)9/h1-3H. The second kappa shape index (κ2) is 3.45. The molecular formula is C7H3Br2FO. The lowest BCUT2D eigenvalue weighted by Gasteiger charge is -1.99. The average molecular weight is 282 g/mol. The molecule has 0 aliphatic rings. The number of carbonyl (C=O) groups is 1. The minimum absolute atomic E-state index is 0.280. The molecule has 1 rings (SSSR count). The van der Waals surface area contributed by atoms with Crippen LogP contribution in [0.5, 0.6) is 0 Å². The molecular weight excluding hydrogens is 279 g/mol. The number of rotatable bonds is 1. The molecule has 0 saturated heterocycles. The summed E-state index contributed by atoms with van der Waals surface area (Å²) in [6.07, 6.45) is 0.661. The van der Waals surface area contributed by atoms with Crippen molar-refractivity contribution in [1.82, 2.24) is 0 Å². The van der Waals surface area contributed by atoms with Crippen molar-refractivity contribution < 1.29 is 9.18 Å². The van der Waals surface area contributed by atoms with Gasteiger partial charge in [-0.25, -0.2) is 4.39 Å². The van der Waals surface area contributed by atoms with Crippen molar-refractivity contribution in [2.24, 2.45) is 0 Å². The Morgan fingerprint density at radius 3 is 2.45 bits per heavy atom. The third-order valence-electron chi connectivity index (χ3n) is 1.19. The molecule has 0 radical (unpaired) electrons. The summed E-state index contributed by atoms with van der Waals surface area (Å²) in [4.78, 5) is 10.3. The van der Waals surface area contributed by atoms with Crippen LogP contribution in [0.2, 0.25) is 0 Å². The van der Waals surface area contributed by atoms with Crippen LogP contribution in [0, 0.1) is 5.82 Å². The maximum Gasteiger partial charge on any atom is 0.151 e. The lowest BCUT2D eigenvalue weighted by molar-refractivity contribution is 0.112. The molecule has 1 nitrogen and oxygen atoms in total. The van der Waals surface area contributed by atoms with Gasteiger partial charge in [-0.05, 0) is 44.0 Å². The number of hydrogen-bond donors (Lipinski definition) is 0. The summed E-state index contributed by atoms with van der Waals surface area (Å²) in [5, 5.41) is 0.